The van der Waals surface area contributed by atoms with E-state index >= 15 is 0 Å². The number of methoxy groups -OCH3 is 1. The summed E-state index contributed by atoms with van der Waals surface area (Å²) in [5, 5.41) is 7.09. The molecular weight excluding hydrogens is 160 g/mol. The van der Waals surface area contributed by atoms with Gasteiger partial charge in [-0.25, -0.2) is 4.79 Å². The first-order valence-electron chi connectivity index (χ1n) is 3.11. The van der Waals surface area contributed by atoms with Gasteiger partial charge in [0.05, 0.1) is 12.8 Å². The average Bonchev–Trinajstić information content (AvgIpc) is 2.09. The third kappa shape index (κ3) is 1.62. The van der Waals surface area contributed by atoms with E-state index in [9.17, 15) is 4.79 Å². The number of hydrogen-bond donors (Lipinski definition) is 0. The van der Waals surface area contributed by atoms with E-state index in [2.05, 4.69) is 20.2 Å². The van der Waals surface area contributed by atoms with E-state index in [-0.39, 0.29) is 11.8 Å². The molecule has 0 aliphatic rings. The highest BCUT2D eigenvalue weighted by Gasteiger charge is 2.02. The van der Waals surface area contributed by atoms with Crippen LogP contribution >= 0.6 is 0 Å². The van der Waals surface area contributed by atoms with Crippen LogP contribution in [-0.2, 0) is 4.79 Å². The van der Waals surface area contributed by atoms with Gasteiger partial charge in [0.1, 0.15) is 0 Å². The first kappa shape index (κ1) is 8.29. The molecule has 0 atom stereocenters. The lowest BCUT2D eigenvalue weighted by molar-refractivity contribution is 0.372. The van der Waals surface area contributed by atoms with E-state index in [1.807, 2.05) is 0 Å². The van der Waals surface area contributed by atoms with E-state index in [1.165, 1.54) is 13.2 Å². The molecule has 1 heterocycles. The first-order valence-corrected chi connectivity index (χ1v) is 3.11. The van der Waals surface area contributed by atoms with Gasteiger partial charge in [-0.05, 0) is 6.92 Å². The highest BCUT2D eigenvalue weighted by atomic mass is 16.5. The summed E-state index contributed by atoms with van der Waals surface area (Å²) < 4.78 is 4.70. The van der Waals surface area contributed by atoms with Crippen LogP contribution in [0.4, 0.5) is 5.82 Å². The molecule has 0 aliphatic carbocycles. The molecule has 12 heavy (non-hydrogen) atoms. The normalized spacial score (nSPS) is 8.83. The van der Waals surface area contributed by atoms with E-state index < -0.39 is 0 Å². The summed E-state index contributed by atoms with van der Waals surface area (Å²) in [6.45, 7) is 1.65. The molecule has 0 aliphatic heterocycles. The maximum Gasteiger partial charge on any atom is 0.335 e. The fourth-order valence-electron chi connectivity index (χ4n) is 0.611. The second-order valence-corrected chi connectivity index (χ2v) is 1.91. The maximum atomic E-state index is 9.86. The Morgan fingerprint density at radius 2 is 2.25 bits per heavy atom. The molecule has 0 spiro atoms. The highest BCUT2D eigenvalue weighted by Crippen LogP contribution is 2.11. The first-order chi connectivity index (χ1) is 5.77. The lowest BCUT2D eigenvalue weighted by Gasteiger charge is -1.97. The predicted molar refractivity (Wildman–Crippen MR) is 38.9 cm³/mol. The molecule has 0 fully saturated rings. The van der Waals surface area contributed by atoms with Crippen LogP contribution in [0.2, 0.25) is 0 Å². The van der Waals surface area contributed by atoms with Crippen molar-refractivity contribution in [3.8, 4) is 6.01 Å². The number of ether oxygens (including phenoxy) is 1. The molecule has 0 aromatic carbocycles. The number of isocyanates is 1. The number of rotatable bonds is 2. The zero-order chi connectivity index (χ0) is 8.97. The van der Waals surface area contributed by atoms with Gasteiger partial charge in [-0.2, -0.15) is 4.98 Å². The van der Waals surface area contributed by atoms with E-state index in [4.69, 9.17) is 4.74 Å². The molecule has 0 N–H and O–H groups in total. The highest BCUT2D eigenvalue weighted by molar-refractivity contribution is 5.45. The molecular formula is C6H6N4O2. The summed E-state index contributed by atoms with van der Waals surface area (Å²) in [5.74, 6) is 0.158. The SMILES string of the molecule is COc1nnc(N=C=O)c(C)n1. The topological polar surface area (TPSA) is 77.3 Å². The van der Waals surface area contributed by atoms with Crippen molar-refractivity contribution in [3.05, 3.63) is 5.69 Å². The van der Waals surface area contributed by atoms with E-state index in [0.29, 0.717) is 5.69 Å². The van der Waals surface area contributed by atoms with Crippen LogP contribution in [0.15, 0.2) is 4.99 Å². The smallest absolute Gasteiger partial charge is 0.335 e. The van der Waals surface area contributed by atoms with Crippen molar-refractivity contribution in [2.24, 2.45) is 4.99 Å². The van der Waals surface area contributed by atoms with Crippen LogP contribution in [0.1, 0.15) is 5.69 Å². The second kappa shape index (κ2) is 3.54. The Balaban J connectivity index is 3.11. The van der Waals surface area contributed by atoms with Crippen LogP contribution in [-0.4, -0.2) is 28.4 Å². The van der Waals surface area contributed by atoms with Gasteiger partial charge in [-0.15, -0.1) is 10.1 Å². The lowest BCUT2D eigenvalue weighted by Crippen LogP contribution is -1.96. The Morgan fingerprint density at radius 3 is 2.75 bits per heavy atom. The molecule has 1 aromatic rings. The molecule has 1 aromatic heterocycles. The minimum atomic E-state index is 0.150. The van der Waals surface area contributed by atoms with Crippen molar-refractivity contribution in [2.75, 3.05) is 7.11 Å². The number of aryl methyl sites for hydroxylation is 1. The zero-order valence-electron chi connectivity index (χ0n) is 6.61. The largest absolute Gasteiger partial charge is 0.466 e. The van der Waals surface area contributed by atoms with Gasteiger partial charge in [0, 0.05) is 0 Å². The third-order valence-electron chi connectivity index (χ3n) is 1.15. The van der Waals surface area contributed by atoms with Crippen LogP contribution in [0.25, 0.3) is 0 Å². The van der Waals surface area contributed by atoms with Crippen LogP contribution < -0.4 is 4.74 Å². The van der Waals surface area contributed by atoms with Gasteiger partial charge in [0.15, 0.2) is 0 Å². The van der Waals surface area contributed by atoms with Crippen molar-refractivity contribution >= 4 is 11.9 Å². The van der Waals surface area contributed by atoms with Crippen molar-refractivity contribution in [1.82, 2.24) is 15.2 Å². The molecule has 0 amide bonds. The summed E-state index contributed by atoms with van der Waals surface area (Å²) in [7, 11) is 1.43. The van der Waals surface area contributed by atoms with Gasteiger partial charge in [0.25, 0.3) is 0 Å². The molecule has 0 saturated heterocycles. The third-order valence-corrected chi connectivity index (χ3v) is 1.15. The molecule has 0 radical (unpaired) electrons. The molecule has 0 bridgehead atoms. The van der Waals surface area contributed by atoms with Crippen molar-refractivity contribution in [3.63, 3.8) is 0 Å². The fraction of sp³-hybridized carbons (Fsp3) is 0.333. The molecule has 0 unspecified atom stereocenters. The Kier molecular flexibility index (Phi) is 2.45. The Labute approximate surface area is 68.3 Å². The average molecular weight is 166 g/mol. The molecule has 6 heteroatoms. The number of aliphatic imine (C=N–C) groups is 1. The fourth-order valence-corrected chi connectivity index (χ4v) is 0.611. The summed E-state index contributed by atoms with van der Waals surface area (Å²) >= 11 is 0. The quantitative estimate of drug-likeness (QED) is 0.461. The van der Waals surface area contributed by atoms with E-state index in [1.54, 1.807) is 6.92 Å². The van der Waals surface area contributed by atoms with Gasteiger partial charge in [0.2, 0.25) is 11.9 Å². The molecule has 0 saturated carbocycles. The number of carbonyl (C=O) groups excluding carboxylic acids is 1. The predicted octanol–water partition coefficient (Wildman–Crippen LogP) is 0.156. The van der Waals surface area contributed by atoms with Crippen LogP contribution in [0, 0.1) is 6.92 Å². The Morgan fingerprint density at radius 1 is 1.50 bits per heavy atom. The van der Waals surface area contributed by atoms with Gasteiger partial charge in [-0.1, -0.05) is 5.10 Å². The summed E-state index contributed by atoms with van der Waals surface area (Å²) in [5.41, 5.74) is 0.477. The van der Waals surface area contributed by atoms with Gasteiger partial charge >= 0.3 is 6.01 Å². The second-order valence-electron chi connectivity index (χ2n) is 1.91. The number of nitrogens with zero attached hydrogens (tertiary/aromatic N) is 4. The molecule has 62 valence electrons. The van der Waals surface area contributed by atoms with Crippen LogP contribution in [0.3, 0.4) is 0 Å². The zero-order valence-corrected chi connectivity index (χ0v) is 6.61. The summed E-state index contributed by atoms with van der Waals surface area (Å²) in [4.78, 5) is 17.0. The number of aromatic nitrogens is 3. The molecule has 1 rings (SSSR count). The summed E-state index contributed by atoms with van der Waals surface area (Å²) in [6.07, 6.45) is 1.35. The van der Waals surface area contributed by atoms with Crippen molar-refractivity contribution in [2.45, 2.75) is 6.92 Å². The minimum absolute atomic E-state index is 0.150. The van der Waals surface area contributed by atoms with Crippen molar-refractivity contribution in [1.29, 1.82) is 0 Å². The Bertz CT molecular complexity index is 332. The van der Waals surface area contributed by atoms with E-state index in [0.717, 1.165) is 0 Å². The Hall–Kier alpha value is -1.81. The molecule has 6 nitrogen and oxygen atoms in total. The lowest BCUT2D eigenvalue weighted by atomic mass is 10.5. The van der Waals surface area contributed by atoms with Crippen LogP contribution in [0.5, 0.6) is 6.01 Å². The van der Waals surface area contributed by atoms with Crippen molar-refractivity contribution < 1.29 is 9.53 Å². The standard InChI is InChI=1S/C6H6N4O2/c1-4-5(7-3-11)9-10-6(8-4)12-2/h1-2H3. The van der Waals surface area contributed by atoms with Gasteiger partial charge < -0.3 is 4.74 Å². The van der Waals surface area contributed by atoms with Gasteiger partial charge in [-0.3, -0.25) is 0 Å². The monoisotopic (exact) mass is 166 g/mol. The minimum Gasteiger partial charge on any atom is -0.466 e. The number of hydrogen-bond acceptors (Lipinski definition) is 6. The summed E-state index contributed by atoms with van der Waals surface area (Å²) in [6, 6.07) is 0.150. The maximum absolute atomic E-state index is 9.86.